The van der Waals surface area contributed by atoms with Crippen molar-refractivity contribution < 1.29 is 19.3 Å². The zero-order valence-electron chi connectivity index (χ0n) is 13.5. The molecular weight excluding hydrogens is 374 g/mol. The second-order valence-electron chi connectivity index (χ2n) is 5.32. The average molecular weight is 389 g/mol. The highest BCUT2D eigenvalue weighted by Gasteiger charge is 2.24. The van der Waals surface area contributed by atoms with Crippen molar-refractivity contribution in [3.63, 3.8) is 0 Å². The van der Waals surface area contributed by atoms with E-state index in [1.54, 1.807) is 42.5 Å². The summed E-state index contributed by atoms with van der Waals surface area (Å²) >= 11 is 6.82. The van der Waals surface area contributed by atoms with Crippen LogP contribution in [0.15, 0.2) is 53.4 Å². The number of amides is 2. The second-order valence-corrected chi connectivity index (χ2v) is 6.77. The van der Waals surface area contributed by atoms with E-state index in [4.69, 9.17) is 22.1 Å². The van der Waals surface area contributed by atoms with E-state index in [9.17, 15) is 9.59 Å². The molecule has 2 amide bonds. The van der Waals surface area contributed by atoms with Gasteiger partial charge in [0.15, 0.2) is 6.61 Å². The number of amidine groups is 1. The SMILES string of the molecule is NC1=[NH+]C(=O)S/C1=C\c1ccccc1OCC(=O)Nc1ccc(Cl)cc1. The maximum atomic E-state index is 12.1. The van der Waals surface area contributed by atoms with Gasteiger partial charge >= 0.3 is 5.24 Å². The first-order valence-electron chi connectivity index (χ1n) is 7.62. The number of halogens is 1. The third kappa shape index (κ3) is 4.65. The van der Waals surface area contributed by atoms with Crippen molar-refractivity contribution in [3.05, 3.63) is 64.0 Å². The summed E-state index contributed by atoms with van der Waals surface area (Å²) in [7, 11) is 0. The number of nitrogens with two attached hydrogens (primary N) is 1. The van der Waals surface area contributed by atoms with Gasteiger partial charge in [0, 0.05) is 28.0 Å². The first-order chi connectivity index (χ1) is 12.5. The van der Waals surface area contributed by atoms with Gasteiger partial charge in [0.1, 0.15) is 10.7 Å². The number of benzene rings is 2. The monoisotopic (exact) mass is 388 g/mol. The first-order valence-corrected chi connectivity index (χ1v) is 8.81. The van der Waals surface area contributed by atoms with Crippen molar-refractivity contribution in [2.75, 3.05) is 11.9 Å². The molecule has 0 spiro atoms. The smallest absolute Gasteiger partial charge is 0.372 e. The summed E-state index contributed by atoms with van der Waals surface area (Å²) in [6, 6.07) is 14.0. The molecule has 2 aromatic rings. The van der Waals surface area contributed by atoms with Gasteiger partial charge in [0.25, 0.3) is 11.7 Å². The summed E-state index contributed by atoms with van der Waals surface area (Å²) in [6.45, 7) is -0.160. The fraction of sp³-hybridized carbons (Fsp3) is 0.0556. The van der Waals surface area contributed by atoms with Crippen LogP contribution < -0.4 is 20.8 Å². The third-order valence-corrected chi connectivity index (χ3v) is 4.49. The van der Waals surface area contributed by atoms with Crippen LogP contribution in [0, 0.1) is 0 Å². The molecule has 1 heterocycles. The number of anilines is 1. The van der Waals surface area contributed by atoms with E-state index in [1.807, 2.05) is 12.1 Å². The minimum atomic E-state index is -0.298. The number of thioether (sulfide) groups is 1. The van der Waals surface area contributed by atoms with Crippen LogP contribution in [0.25, 0.3) is 6.08 Å². The van der Waals surface area contributed by atoms with Crippen LogP contribution in [0.2, 0.25) is 5.02 Å². The van der Waals surface area contributed by atoms with Gasteiger partial charge in [-0.2, -0.15) is 4.99 Å². The summed E-state index contributed by atoms with van der Waals surface area (Å²) in [5, 5.41) is 3.09. The Labute approximate surface area is 159 Å². The molecule has 3 rings (SSSR count). The molecule has 26 heavy (non-hydrogen) atoms. The molecule has 0 saturated carbocycles. The van der Waals surface area contributed by atoms with Crippen LogP contribution in [0.3, 0.4) is 0 Å². The van der Waals surface area contributed by atoms with Crippen LogP contribution >= 0.6 is 23.4 Å². The average Bonchev–Trinajstić information content (AvgIpc) is 2.93. The van der Waals surface area contributed by atoms with E-state index < -0.39 is 0 Å². The van der Waals surface area contributed by atoms with E-state index in [-0.39, 0.29) is 17.8 Å². The number of ether oxygens (including phenoxy) is 1. The van der Waals surface area contributed by atoms with Crippen molar-refractivity contribution in [1.82, 2.24) is 0 Å². The summed E-state index contributed by atoms with van der Waals surface area (Å²) in [5.41, 5.74) is 7.12. The summed E-state index contributed by atoms with van der Waals surface area (Å²) < 4.78 is 5.62. The van der Waals surface area contributed by atoms with Crippen molar-refractivity contribution in [3.8, 4) is 5.75 Å². The molecule has 132 valence electrons. The maximum Gasteiger partial charge on any atom is 0.372 e. The van der Waals surface area contributed by atoms with E-state index in [0.717, 1.165) is 11.8 Å². The van der Waals surface area contributed by atoms with Crippen LogP contribution in [0.1, 0.15) is 5.56 Å². The number of para-hydroxylation sites is 1. The Balaban J connectivity index is 1.66. The standard InChI is InChI=1S/C18H14ClN3O3S/c19-12-5-7-13(8-6-12)21-16(23)10-25-14-4-2-1-3-11(14)9-15-17(20)22-18(24)26-15/h1-9H,10H2,(H,21,23)(H2,20,22,24)/p+1/b15-9-. The molecule has 4 N–H and O–H groups in total. The molecule has 2 aromatic carbocycles. The Hall–Kier alpha value is -2.77. The Morgan fingerprint density at radius 3 is 2.65 bits per heavy atom. The highest BCUT2D eigenvalue weighted by Crippen LogP contribution is 2.26. The normalized spacial score (nSPS) is 15.0. The molecule has 0 saturated heterocycles. The summed E-state index contributed by atoms with van der Waals surface area (Å²) in [4.78, 5) is 26.6. The Morgan fingerprint density at radius 2 is 1.96 bits per heavy atom. The van der Waals surface area contributed by atoms with Crippen LogP contribution in [-0.2, 0) is 4.79 Å². The van der Waals surface area contributed by atoms with Crippen molar-refractivity contribution >= 4 is 52.1 Å². The molecule has 0 fully saturated rings. The lowest BCUT2D eigenvalue weighted by Gasteiger charge is -2.10. The Bertz CT molecular complexity index is 910. The predicted molar refractivity (Wildman–Crippen MR) is 103 cm³/mol. The topological polar surface area (TPSA) is 95.4 Å². The largest absolute Gasteiger partial charge is 0.483 e. The predicted octanol–water partition coefficient (Wildman–Crippen LogP) is 2.00. The number of hydrogen-bond acceptors (Lipinski definition) is 5. The second kappa shape index (κ2) is 8.07. The van der Waals surface area contributed by atoms with Crippen LogP contribution in [0.4, 0.5) is 10.5 Å². The number of nitrogens with one attached hydrogen (secondary N) is 2. The van der Waals surface area contributed by atoms with Crippen molar-refractivity contribution in [1.29, 1.82) is 0 Å². The molecule has 0 bridgehead atoms. The molecule has 1 aliphatic heterocycles. The molecule has 8 heteroatoms. The van der Waals surface area contributed by atoms with Gasteiger partial charge < -0.3 is 10.1 Å². The molecular formula is C18H15ClN3O3S+. The van der Waals surface area contributed by atoms with Gasteiger partial charge in [0.2, 0.25) is 0 Å². The van der Waals surface area contributed by atoms with Gasteiger partial charge in [-0.1, -0.05) is 29.8 Å². The Kier molecular flexibility index (Phi) is 5.60. The number of hydrogen-bond donors (Lipinski definition) is 3. The summed E-state index contributed by atoms with van der Waals surface area (Å²) in [5.74, 6) is 0.516. The van der Waals surface area contributed by atoms with Crippen LogP contribution in [0.5, 0.6) is 5.75 Å². The fourth-order valence-electron chi connectivity index (χ4n) is 2.21. The lowest BCUT2D eigenvalue weighted by molar-refractivity contribution is -0.326. The van der Waals surface area contributed by atoms with Gasteiger partial charge in [-0.3, -0.25) is 10.5 Å². The maximum absolute atomic E-state index is 12.1. The number of carbonyl (C=O) groups excluding carboxylic acids is 2. The summed E-state index contributed by atoms with van der Waals surface area (Å²) in [6.07, 6.45) is 1.74. The molecule has 1 aliphatic rings. The van der Waals surface area contributed by atoms with Gasteiger partial charge in [-0.25, -0.2) is 4.79 Å². The van der Waals surface area contributed by atoms with E-state index >= 15 is 0 Å². The Morgan fingerprint density at radius 1 is 1.23 bits per heavy atom. The molecule has 0 atom stereocenters. The molecule has 0 aliphatic carbocycles. The number of rotatable bonds is 5. The van der Waals surface area contributed by atoms with Crippen molar-refractivity contribution in [2.45, 2.75) is 0 Å². The van der Waals surface area contributed by atoms with Crippen molar-refractivity contribution in [2.24, 2.45) is 5.73 Å². The quantitative estimate of drug-likeness (QED) is 0.728. The highest BCUT2D eigenvalue weighted by molar-refractivity contribution is 8.17. The molecule has 6 nitrogen and oxygen atoms in total. The minimum absolute atomic E-state index is 0.160. The number of carbonyl (C=O) groups is 2. The first kappa shape index (κ1) is 18.0. The van der Waals surface area contributed by atoms with Gasteiger partial charge in [0.05, 0.1) is 0 Å². The molecule has 0 unspecified atom stereocenters. The lowest BCUT2D eigenvalue weighted by Crippen LogP contribution is -2.74. The van der Waals surface area contributed by atoms with Gasteiger partial charge in [-0.05, 0) is 36.4 Å². The fourth-order valence-corrected chi connectivity index (χ4v) is 3.04. The molecule has 0 aromatic heterocycles. The zero-order valence-corrected chi connectivity index (χ0v) is 15.1. The highest BCUT2D eigenvalue weighted by atomic mass is 35.5. The zero-order chi connectivity index (χ0) is 18.5. The lowest BCUT2D eigenvalue weighted by atomic mass is 10.2. The van der Waals surface area contributed by atoms with Gasteiger partial charge in [-0.15, -0.1) is 0 Å². The van der Waals surface area contributed by atoms with E-state index in [1.165, 1.54) is 0 Å². The third-order valence-electron chi connectivity index (χ3n) is 3.40. The van der Waals surface area contributed by atoms with E-state index in [0.29, 0.717) is 32.8 Å². The minimum Gasteiger partial charge on any atom is -0.483 e. The molecule has 0 radical (unpaired) electrons. The van der Waals surface area contributed by atoms with E-state index in [2.05, 4.69) is 10.3 Å². The van der Waals surface area contributed by atoms with Crippen LogP contribution in [-0.4, -0.2) is 23.6 Å².